The zero-order chi connectivity index (χ0) is 9.97. The summed E-state index contributed by atoms with van der Waals surface area (Å²) < 4.78 is 10.0. The fourth-order valence-electron chi connectivity index (χ4n) is 1.38. The molecule has 0 amide bonds. The molecule has 0 bridgehead atoms. The molecule has 0 radical (unpaired) electrons. The molecular formula is C10H11NO3. The molecular weight excluding hydrogens is 182 g/mol. The first-order valence-electron chi connectivity index (χ1n) is 4.37. The molecule has 0 aliphatic heterocycles. The average molecular weight is 193 g/mol. The molecule has 2 rings (SSSR count). The maximum absolute atomic E-state index is 9.23. The summed E-state index contributed by atoms with van der Waals surface area (Å²) in [4.78, 5) is 0. The molecule has 1 N–H and O–H groups in total. The van der Waals surface area contributed by atoms with Crippen LogP contribution in [0.2, 0.25) is 0 Å². The maximum atomic E-state index is 9.23. The van der Waals surface area contributed by atoms with E-state index in [1.807, 2.05) is 13.0 Å². The minimum atomic E-state index is -0.185. The summed E-state index contributed by atoms with van der Waals surface area (Å²) in [5, 5.41) is 13.0. The van der Waals surface area contributed by atoms with Gasteiger partial charge < -0.3 is 14.0 Å². The number of hydrogen-bond acceptors (Lipinski definition) is 4. The molecule has 4 heteroatoms. The number of aliphatic hydroxyl groups excluding tert-OH is 1. The van der Waals surface area contributed by atoms with Crippen molar-refractivity contribution >= 4 is 0 Å². The van der Waals surface area contributed by atoms with Crippen molar-refractivity contribution in [1.82, 2.24) is 5.16 Å². The lowest BCUT2D eigenvalue weighted by atomic mass is 10.0. The second-order valence-electron chi connectivity index (χ2n) is 3.16. The standard InChI is InChI=1S/C10H11NO3/c1-7-4-10(14-11-7)9(5-12)8-2-3-13-6-8/h2-4,6,9,12H,5H2,1H3. The van der Waals surface area contributed by atoms with Gasteiger partial charge in [0.05, 0.1) is 30.7 Å². The fourth-order valence-corrected chi connectivity index (χ4v) is 1.38. The highest BCUT2D eigenvalue weighted by Gasteiger charge is 2.18. The third kappa shape index (κ3) is 1.56. The van der Waals surface area contributed by atoms with Crippen LogP contribution in [0.5, 0.6) is 0 Å². The molecule has 74 valence electrons. The monoisotopic (exact) mass is 193 g/mol. The van der Waals surface area contributed by atoms with Gasteiger partial charge in [0.2, 0.25) is 0 Å². The summed E-state index contributed by atoms with van der Waals surface area (Å²) >= 11 is 0. The van der Waals surface area contributed by atoms with E-state index in [0.29, 0.717) is 5.76 Å². The molecule has 0 spiro atoms. The fraction of sp³-hybridized carbons (Fsp3) is 0.300. The van der Waals surface area contributed by atoms with E-state index in [4.69, 9.17) is 8.94 Å². The van der Waals surface area contributed by atoms with Crippen molar-refractivity contribution < 1.29 is 14.0 Å². The molecule has 2 heterocycles. The number of aryl methyl sites for hydroxylation is 1. The minimum absolute atomic E-state index is 0.0197. The van der Waals surface area contributed by atoms with Gasteiger partial charge in [-0.15, -0.1) is 0 Å². The Bertz CT molecular complexity index is 391. The van der Waals surface area contributed by atoms with Crippen LogP contribution in [0.15, 0.2) is 33.6 Å². The van der Waals surface area contributed by atoms with Gasteiger partial charge >= 0.3 is 0 Å². The molecule has 0 saturated carbocycles. The second-order valence-corrected chi connectivity index (χ2v) is 3.16. The molecule has 1 atom stereocenters. The Hall–Kier alpha value is -1.55. The number of aromatic nitrogens is 1. The maximum Gasteiger partial charge on any atom is 0.146 e. The summed E-state index contributed by atoms with van der Waals surface area (Å²) in [6.45, 7) is 1.82. The Morgan fingerprint density at radius 1 is 1.57 bits per heavy atom. The quantitative estimate of drug-likeness (QED) is 0.805. The van der Waals surface area contributed by atoms with Gasteiger partial charge in [-0.3, -0.25) is 0 Å². The first kappa shape index (κ1) is 9.02. The van der Waals surface area contributed by atoms with Crippen molar-refractivity contribution in [2.24, 2.45) is 0 Å². The van der Waals surface area contributed by atoms with Gasteiger partial charge in [0.1, 0.15) is 5.76 Å². The largest absolute Gasteiger partial charge is 0.472 e. The molecule has 0 aliphatic carbocycles. The molecule has 0 aliphatic rings. The van der Waals surface area contributed by atoms with Crippen molar-refractivity contribution in [3.8, 4) is 0 Å². The molecule has 1 unspecified atom stereocenters. The topological polar surface area (TPSA) is 59.4 Å². The van der Waals surface area contributed by atoms with Gasteiger partial charge in [0.25, 0.3) is 0 Å². The molecule has 0 saturated heterocycles. The van der Waals surface area contributed by atoms with Gasteiger partial charge in [-0.1, -0.05) is 5.16 Å². The van der Waals surface area contributed by atoms with E-state index >= 15 is 0 Å². The van der Waals surface area contributed by atoms with Crippen molar-refractivity contribution in [3.05, 3.63) is 41.7 Å². The third-order valence-corrected chi connectivity index (χ3v) is 2.12. The first-order valence-corrected chi connectivity index (χ1v) is 4.37. The van der Waals surface area contributed by atoms with Crippen LogP contribution < -0.4 is 0 Å². The Labute approximate surface area is 81.1 Å². The first-order chi connectivity index (χ1) is 6.81. The van der Waals surface area contributed by atoms with Crippen LogP contribution in [0, 0.1) is 6.92 Å². The molecule has 0 fully saturated rings. The van der Waals surface area contributed by atoms with Crippen molar-refractivity contribution in [1.29, 1.82) is 0 Å². The zero-order valence-corrected chi connectivity index (χ0v) is 7.80. The minimum Gasteiger partial charge on any atom is -0.472 e. The SMILES string of the molecule is Cc1cc(C(CO)c2ccoc2)on1. The van der Waals surface area contributed by atoms with Gasteiger partial charge in [-0.2, -0.15) is 0 Å². The second kappa shape index (κ2) is 3.67. The van der Waals surface area contributed by atoms with E-state index in [9.17, 15) is 5.11 Å². The van der Waals surface area contributed by atoms with Crippen molar-refractivity contribution in [2.45, 2.75) is 12.8 Å². The van der Waals surface area contributed by atoms with E-state index in [1.165, 1.54) is 0 Å². The van der Waals surface area contributed by atoms with Crippen LogP contribution in [0.3, 0.4) is 0 Å². The number of rotatable bonds is 3. The van der Waals surface area contributed by atoms with E-state index in [-0.39, 0.29) is 12.5 Å². The molecule has 2 aromatic heterocycles. The lowest BCUT2D eigenvalue weighted by Crippen LogP contribution is -2.03. The van der Waals surface area contributed by atoms with Crippen LogP contribution in [-0.2, 0) is 0 Å². The van der Waals surface area contributed by atoms with Crippen molar-refractivity contribution in [3.63, 3.8) is 0 Å². The Balaban J connectivity index is 2.31. The summed E-state index contributed by atoms with van der Waals surface area (Å²) in [5.41, 5.74) is 1.70. The predicted octanol–water partition coefficient (Wildman–Crippen LogP) is 1.70. The highest BCUT2D eigenvalue weighted by Crippen LogP contribution is 2.24. The lowest BCUT2D eigenvalue weighted by Gasteiger charge is -2.06. The van der Waals surface area contributed by atoms with Crippen LogP contribution in [-0.4, -0.2) is 16.9 Å². The highest BCUT2D eigenvalue weighted by atomic mass is 16.5. The van der Waals surface area contributed by atoms with E-state index in [2.05, 4.69) is 5.16 Å². The summed E-state index contributed by atoms with van der Waals surface area (Å²) in [5.74, 6) is 0.473. The summed E-state index contributed by atoms with van der Waals surface area (Å²) in [6, 6.07) is 3.62. The highest BCUT2D eigenvalue weighted by molar-refractivity contribution is 5.24. The molecule has 0 aromatic carbocycles. The van der Waals surface area contributed by atoms with Crippen LogP contribution in [0.4, 0.5) is 0 Å². The van der Waals surface area contributed by atoms with Crippen LogP contribution >= 0.6 is 0 Å². The third-order valence-electron chi connectivity index (χ3n) is 2.12. The molecule has 4 nitrogen and oxygen atoms in total. The van der Waals surface area contributed by atoms with E-state index < -0.39 is 0 Å². The van der Waals surface area contributed by atoms with Gasteiger partial charge in [-0.25, -0.2) is 0 Å². The van der Waals surface area contributed by atoms with Crippen molar-refractivity contribution in [2.75, 3.05) is 6.61 Å². The van der Waals surface area contributed by atoms with Crippen LogP contribution in [0.25, 0.3) is 0 Å². The predicted molar refractivity (Wildman–Crippen MR) is 48.9 cm³/mol. The Morgan fingerprint density at radius 3 is 2.93 bits per heavy atom. The van der Waals surface area contributed by atoms with E-state index in [0.717, 1.165) is 11.3 Å². The summed E-state index contributed by atoms with van der Waals surface area (Å²) in [6.07, 6.45) is 3.17. The van der Waals surface area contributed by atoms with Gasteiger partial charge in [0, 0.05) is 11.6 Å². The van der Waals surface area contributed by atoms with E-state index in [1.54, 1.807) is 18.6 Å². The van der Waals surface area contributed by atoms with Gasteiger partial charge in [-0.05, 0) is 13.0 Å². The number of hydrogen-bond donors (Lipinski definition) is 1. The number of nitrogens with zero attached hydrogens (tertiary/aromatic N) is 1. The number of aliphatic hydroxyl groups is 1. The molecule has 14 heavy (non-hydrogen) atoms. The Kier molecular flexibility index (Phi) is 2.37. The average Bonchev–Trinajstić information content (AvgIpc) is 2.79. The smallest absolute Gasteiger partial charge is 0.146 e. The van der Waals surface area contributed by atoms with Gasteiger partial charge in [0.15, 0.2) is 0 Å². The Morgan fingerprint density at radius 2 is 2.43 bits per heavy atom. The number of furan rings is 1. The molecule has 2 aromatic rings. The zero-order valence-electron chi connectivity index (χ0n) is 7.80. The lowest BCUT2D eigenvalue weighted by molar-refractivity contribution is 0.254. The summed E-state index contributed by atoms with van der Waals surface area (Å²) in [7, 11) is 0. The normalized spacial score (nSPS) is 13.0. The van der Waals surface area contributed by atoms with Crippen LogP contribution in [0.1, 0.15) is 22.9 Å².